The van der Waals surface area contributed by atoms with Crippen LogP contribution in [0, 0.1) is 0 Å². The van der Waals surface area contributed by atoms with Gasteiger partial charge in [0.05, 0.1) is 0 Å². The topological polar surface area (TPSA) is 61.6 Å². The van der Waals surface area contributed by atoms with Crippen LogP contribution < -0.4 is 11.1 Å². The van der Waals surface area contributed by atoms with Gasteiger partial charge in [0.25, 0.3) is 0 Å². The quantitative estimate of drug-likeness (QED) is 0.470. The minimum Gasteiger partial charge on any atom is -0.351 e. The second-order valence-corrected chi connectivity index (χ2v) is 3.36. The molecule has 0 bridgehead atoms. The van der Waals surface area contributed by atoms with Gasteiger partial charge in [-0.25, -0.2) is 4.79 Å². The summed E-state index contributed by atoms with van der Waals surface area (Å²) in [5, 5.41) is 3.27. The molecule has 2 rings (SSSR count). The first-order valence-corrected chi connectivity index (χ1v) is 4.26. The maximum atomic E-state index is 10.9. The number of nitrogens with zero attached hydrogens (tertiary/aromatic N) is 2. The molecule has 5 nitrogen and oxygen atoms in total. The number of rotatable bonds is 0. The van der Waals surface area contributed by atoms with Crippen molar-refractivity contribution in [3.63, 3.8) is 0 Å². The molecular weight excluding hydrogens is 156 g/mol. The lowest BCUT2D eigenvalue weighted by atomic mass is 10.2. The Kier molecular flexibility index (Phi) is 1.90. The molecule has 0 radical (unpaired) electrons. The summed E-state index contributed by atoms with van der Waals surface area (Å²) in [4.78, 5) is 14.9. The SMILES string of the molecule is NC(=O)N1CCN2CNCC2C1. The lowest BCUT2D eigenvalue weighted by Gasteiger charge is -2.35. The van der Waals surface area contributed by atoms with Crippen LogP contribution in [0.5, 0.6) is 0 Å². The predicted molar refractivity (Wildman–Crippen MR) is 44.5 cm³/mol. The minimum atomic E-state index is -0.290. The maximum Gasteiger partial charge on any atom is 0.314 e. The number of carbonyl (C=O) groups is 1. The van der Waals surface area contributed by atoms with E-state index >= 15 is 0 Å². The molecule has 2 saturated heterocycles. The van der Waals surface area contributed by atoms with Crippen molar-refractivity contribution in [2.75, 3.05) is 32.8 Å². The second-order valence-electron chi connectivity index (χ2n) is 3.36. The standard InChI is InChI=1S/C7H14N4O/c8-7(12)10-1-2-11-5-9-3-6(11)4-10/h6,9H,1-5H2,(H2,8,12). The van der Waals surface area contributed by atoms with Gasteiger partial charge in [0.2, 0.25) is 0 Å². The van der Waals surface area contributed by atoms with Crippen LogP contribution in [0.15, 0.2) is 0 Å². The Balaban J connectivity index is 1.96. The molecule has 2 amide bonds. The predicted octanol–water partition coefficient (Wildman–Crippen LogP) is -1.39. The number of fused-ring (bicyclic) bond motifs is 1. The van der Waals surface area contributed by atoms with E-state index in [1.54, 1.807) is 4.90 Å². The zero-order chi connectivity index (χ0) is 8.55. The van der Waals surface area contributed by atoms with Crippen LogP contribution >= 0.6 is 0 Å². The van der Waals surface area contributed by atoms with E-state index in [4.69, 9.17) is 5.73 Å². The first-order chi connectivity index (χ1) is 5.77. The summed E-state index contributed by atoms with van der Waals surface area (Å²) >= 11 is 0. The smallest absolute Gasteiger partial charge is 0.314 e. The van der Waals surface area contributed by atoms with Crippen LogP contribution in [0.25, 0.3) is 0 Å². The highest BCUT2D eigenvalue weighted by molar-refractivity contribution is 5.72. The van der Waals surface area contributed by atoms with Crippen molar-refractivity contribution < 1.29 is 4.79 Å². The Labute approximate surface area is 71.5 Å². The average Bonchev–Trinajstić information content (AvgIpc) is 2.49. The van der Waals surface area contributed by atoms with Gasteiger partial charge in [-0.3, -0.25) is 4.90 Å². The van der Waals surface area contributed by atoms with E-state index in [-0.39, 0.29) is 6.03 Å². The highest BCUT2D eigenvalue weighted by Gasteiger charge is 2.31. The van der Waals surface area contributed by atoms with Gasteiger partial charge in [-0.05, 0) is 0 Å². The van der Waals surface area contributed by atoms with Crippen LogP contribution in [0.2, 0.25) is 0 Å². The summed E-state index contributed by atoms with van der Waals surface area (Å²) in [5.41, 5.74) is 5.20. The van der Waals surface area contributed by atoms with Gasteiger partial charge >= 0.3 is 6.03 Å². The average molecular weight is 170 g/mol. The van der Waals surface area contributed by atoms with Gasteiger partial charge in [-0.1, -0.05) is 0 Å². The molecule has 0 aromatic rings. The van der Waals surface area contributed by atoms with E-state index in [1.807, 2.05) is 0 Å². The molecule has 1 unspecified atom stereocenters. The molecule has 2 aliphatic heterocycles. The number of primary amides is 1. The molecule has 0 aliphatic carbocycles. The summed E-state index contributed by atoms with van der Waals surface area (Å²) in [6.07, 6.45) is 0. The van der Waals surface area contributed by atoms with E-state index in [9.17, 15) is 4.79 Å². The fraction of sp³-hybridized carbons (Fsp3) is 0.857. The van der Waals surface area contributed by atoms with E-state index in [0.29, 0.717) is 6.04 Å². The van der Waals surface area contributed by atoms with E-state index in [1.165, 1.54) is 0 Å². The summed E-state index contributed by atoms with van der Waals surface area (Å²) in [6.45, 7) is 4.43. The van der Waals surface area contributed by atoms with Gasteiger partial charge in [-0.15, -0.1) is 0 Å². The van der Waals surface area contributed by atoms with Crippen molar-refractivity contribution in [1.29, 1.82) is 0 Å². The Morgan fingerprint density at radius 1 is 1.50 bits per heavy atom. The highest BCUT2D eigenvalue weighted by atomic mass is 16.2. The van der Waals surface area contributed by atoms with E-state index in [0.717, 1.165) is 32.8 Å². The van der Waals surface area contributed by atoms with E-state index < -0.39 is 0 Å². The second kappa shape index (κ2) is 2.91. The van der Waals surface area contributed by atoms with Gasteiger partial charge in [0.1, 0.15) is 0 Å². The van der Waals surface area contributed by atoms with Crippen LogP contribution in [0.3, 0.4) is 0 Å². The number of nitrogens with two attached hydrogens (primary N) is 1. The summed E-state index contributed by atoms with van der Waals surface area (Å²) < 4.78 is 0. The normalized spacial score (nSPS) is 30.3. The molecule has 0 aromatic heterocycles. The van der Waals surface area contributed by atoms with Gasteiger partial charge in [0.15, 0.2) is 0 Å². The van der Waals surface area contributed by atoms with Crippen molar-refractivity contribution in [1.82, 2.24) is 15.1 Å². The molecule has 1 atom stereocenters. The number of hydrogen-bond acceptors (Lipinski definition) is 3. The third-order valence-corrected chi connectivity index (χ3v) is 2.61. The molecule has 68 valence electrons. The molecule has 2 fully saturated rings. The first-order valence-electron chi connectivity index (χ1n) is 4.26. The lowest BCUT2D eigenvalue weighted by Crippen LogP contribution is -2.54. The summed E-state index contributed by atoms with van der Waals surface area (Å²) in [7, 11) is 0. The largest absolute Gasteiger partial charge is 0.351 e. The number of amides is 2. The van der Waals surface area contributed by atoms with Crippen molar-refractivity contribution in [2.24, 2.45) is 5.73 Å². The zero-order valence-electron chi connectivity index (χ0n) is 6.99. The Morgan fingerprint density at radius 2 is 2.33 bits per heavy atom. The van der Waals surface area contributed by atoms with Crippen molar-refractivity contribution in [3.05, 3.63) is 0 Å². The van der Waals surface area contributed by atoms with Crippen molar-refractivity contribution in [3.8, 4) is 0 Å². The maximum absolute atomic E-state index is 10.9. The molecule has 0 aromatic carbocycles. The molecular formula is C7H14N4O. The molecule has 2 heterocycles. The molecule has 0 spiro atoms. The number of carbonyl (C=O) groups excluding carboxylic acids is 1. The molecule has 12 heavy (non-hydrogen) atoms. The number of urea groups is 1. The van der Waals surface area contributed by atoms with Gasteiger partial charge in [-0.2, -0.15) is 0 Å². The Bertz CT molecular complexity index is 196. The van der Waals surface area contributed by atoms with Crippen molar-refractivity contribution in [2.45, 2.75) is 6.04 Å². The minimum absolute atomic E-state index is 0.290. The van der Waals surface area contributed by atoms with Crippen LogP contribution in [0.1, 0.15) is 0 Å². The Hall–Kier alpha value is -0.810. The first kappa shape index (κ1) is 7.82. The molecule has 2 aliphatic rings. The zero-order valence-corrected chi connectivity index (χ0v) is 6.99. The van der Waals surface area contributed by atoms with Gasteiger partial charge in [0, 0.05) is 38.9 Å². The summed E-state index contributed by atoms with van der Waals surface area (Å²) in [6, 6.07) is 0.188. The van der Waals surface area contributed by atoms with Crippen LogP contribution in [-0.4, -0.2) is 54.7 Å². The fourth-order valence-electron chi connectivity index (χ4n) is 1.87. The monoisotopic (exact) mass is 170 g/mol. The van der Waals surface area contributed by atoms with Gasteiger partial charge < -0.3 is 16.0 Å². The molecule has 0 saturated carbocycles. The third-order valence-electron chi connectivity index (χ3n) is 2.61. The lowest BCUT2D eigenvalue weighted by molar-refractivity contribution is 0.125. The van der Waals surface area contributed by atoms with E-state index in [2.05, 4.69) is 10.2 Å². The summed E-state index contributed by atoms with van der Waals surface area (Å²) in [5.74, 6) is 0. The fourth-order valence-corrected chi connectivity index (χ4v) is 1.87. The number of piperazine rings is 1. The third kappa shape index (κ3) is 1.25. The molecule has 3 N–H and O–H groups in total. The van der Waals surface area contributed by atoms with Crippen LogP contribution in [-0.2, 0) is 0 Å². The Morgan fingerprint density at radius 3 is 3.08 bits per heavy atom. The molecule has 5 heteroatoms. The van der Waals surface area contributed by atoms with Crippen LogP contribution in [0.4, 0.5) is 4.79 Å². The highest BCUT2D eigenvalue weighted by Crippen LogP contribution is 2.11. The number of hydrogen-bond donors (Lipinski definition) is 2. The number of nitrogens with one attached hydrogen (secondary N) is 1. The van der Waals surface area contributed by atoms with Crippen molar-refractivity contribution >= 4 is 6.03 Å².